The third-order valence-corrected chi connectivity index (χ3v) is 2.64. The predicted molar refractivity (Wildman–Crippen MR) is 64.6 cm³/mol. The zero-order valence-corrected chi connectivity index (χ0v) is 10.7. The molecule has 1 rings (SSSR count). The number of benzene rings is 1. The Balaban J connectivity index is 2.26. The summed E-state index contributed by atoms with van der Waals surface area (Å²) in [4.78, 5) is 0. The molecule has 1 N–H and O–H groups in total. The number of unbranched alkanes of at least 4 members (excludes halogenated alkanes) is 1. The van der Waals surface area contributed by atoms with E-state index in [1.165, 1.54) is 13.2 Å². The van der Waals surface area contributed by atoms with E-state index >= 15 is 0 Å². The van der Waals surface area contributed by atoms with Gasteiger partial charge in [-0.15, -0.1) is 0 Å². The van der Waals surface area contributed by atoms with E-state index < -0.39 is 18.4 Å². The van der Waals surface area contributed by atoms with Crippen molar-refractivity contribution >= 4 is 0 Å². The van der Waals surface area contributed by atoms with Gasteiger partial charge in [-0.2, -0.15) is 13.2 Å². The summed E-state index contributed by atoms with van der Waals surface area (Å²) in [6.45, 7) is 0.696. The topological polar surface area (TPSA) is 21.3 Å². The maximum atomic E-state index is 13.7. The Hall–Kier alpha value is -1.30. The second-order valence-corrected chi connectivity index (χ2v) is 4.18. The van der Waals surface area contributed by atoms with Gasteiger partial charge in [0.25, 0.3) is 0 Å². The minimum atomic E-state index is -4.10. The smallest absolute Gasteiger partial charge is 0.389 e. The van der Waals surface area contributed by atoms with Crippen LogP contribution in [0.25, 0.3) is 0 Å². The predicted octanol–water partition coefficient (Wildman–Crippen LogP) is 3.66. The second kappa shape index (κ2) is 7.33. The number of halogens is 4. The molecular weight excluding hydrogens is 262 g/mol. The average Bonchev–Trinajstić information content (AvgIpc) is 2.34. The van der Waals surface area contributed by atoms with Crippen LogP contribution in [-0.4, -0.2) is 19.8 Å². The molecule has 1 aromatic carbocycles. The fourth-order valence-corrected chi connectivity index (χ4v) is 1.65. The molecule has 0 aliphatic rings. The van der Waals surface area contributed by atoms with Gasteiger partial charge in [-0.3, -0.25) is 0 Å². The highest BCUT2D eigenvalue weighted by atomic mass is 19.4. The molecule has 0 bridgehead atoms. The molecule has 0 radical (unpaired) electrons. The minimum absolute atomic E-state index is 0.0804. The van der Waals surface area contributed by atoms with Crippen LogP contribution < -0.4 is 10.1 Å². The van der Waals surface area contributed by atoms with Crippen LogP contribution in [0.15, 0.2) is 18.2 Å². The van der Waals surface area contributed by atoms with Crippen LogP contribution in [0.3, 0.4) is 0 Å². The van der Waals surface area contributed by atoms with E-state index in [9.17, 15) is 17.6 Å². The molecule has 0 atom stereocenters. The number of hydrogen-bond donors (Lipinski definition) is 1. The maximum absolute atomic E-state index is 13.7. The van der Waals surface area contributed by atoms with E-state index in [1.807, 2.05) is 0 Å². The van der Waals surface area contributed by atoms with Crippen molar-refractivity contribution in [3.63, 3.8) is 0 Å². The maximum Gasteiger partial charge on any atom is 0.389 e. The standard InChI is InChI=1S/C13H17F4NO/c1-19-11-6-4-5-10(12(11)14)9-18-8-3-2-7-13(15,16)17/h4-6,18H,2-3,7-9H2,1H3. The molecule has 0 amide bonds. The lowest BCUT2D eigenvalue weighted by Crippen LogP contribution is -2.16. The lowest BCUT2D eigenvalue weighted by molar-refractivity contribution is -0.135. The molecule has 0 saturated heterocycles. The molecule has 0 unspecified atom stereocenters. The summed E-state index contributed by atoms with van der Waals surface area (Å²) >= 11 is 0. The highest BCUT2D eigenvalue weighted by Gasteiger charge is 2.25. The number of rotatable bonds is 7. The quantitative estimate of drug-likeness (QED) is 0.607. The summed E-state index contributed by atoms with van der Waals surface area (Å²) in [6, 6.07) is 4.80. The van der Waals surface area contributed by atoms with Gasteiger partial charge in [0.15, 0.2) is 11.6 Å². The first kappa shape index (κ1) is 15.8. The van der Waals surface area contributed by atoms with Gasteiger partial charge in [-0.1, -0.05) is 12.1 Å². The fourth-order valence-electron chi connectivity index (χ4n) is 1.65. The highest BCUT2D eigenvalue weighted by Crippen LogP contribution is 2.22. The van der Waals surface area contributed by atoms with Gasteiger partial charge in [-0.05, 0) is 25.5 Å². The van der Waals surface area contributed by atoms with Crippen molar-refractivity contribution in [1.82, 2.24) is 5.32 Å². The number of nitrogens with one attached hydrogen (secondary N) is 1. The van der Waals surface area contributed by atoms with Crippen molar-refractivity contribution in [3.8, 4) is 5.75 Å². The first-order valence-corrected chi connectivity index (χ1v) is 6.03. The van der Waals surface area contributed by atoms with Crippen molar-refractivity contribution in [1.29, 1.82) is 0 Å². The van der Waals surface area contributed by atoms with E-state index in [0.717, 1.165) is 0 Å². The average molecular weight is 279 g/mol. The van der Waals surface area contributed by atoms with Gasteiger partial charge >= 0.3 is 6.18 Å². The van der Waals surface area contributed by atoms with Crippen molar-refractivity contribution in [3.05, 3.63) is 29.6 Å². The Labute approximate surface area is 109 Å². The third-order valence-electron chi connectivity index (χ3n) is 2.64. The van der Waals surface area contributed by atoms with E-state index in [4.69, 9.17) is 4.74 Å². The van der Waals surface area contributed by atoms with Crippen molar-refractivity contribution in [2.75, 3.05) is 13.7 Å². The molecule has 0 saturated carbocycles. The number of alkyl halides is 3. The summed E-state index contributed by atoms with van der Waals surface area (Å²) in [5.41, 5.74) is 0.440. The normalized spacial score (nSPS) is 11.6. The number of methoxy groups -OCH3 is 1. The molecule has 0 aliphatic carbocycles. The van der Waals surface area contributed by atoms with Crippen molar-refractivity contribution in [2.45, 2.75) is 32.0 Å². The lowest BCUT2D eigenvalue weighted by Gasteiger charge is -2.09. The monoisotopic (exact) mass is 279 g/mol. The molecule has 19 heavy (non-hydrogen) atoms. The molecule has 0 fully saturated rings. The highest BCUT2D eigenvalue weighted by molar-refractivity contribution is 5.30. The fraction of sp³-hybridized carbons (Fsp3) is 0.538. The van der Waals surface area contributed by atoms with E-state index in [-0.39, 0.29) is 18.7 Å². The third kappa shape index (κ3) is 5.92. The van der Waals surface area contributed by atoms with Gasteiger partial charge in [0.05, 0.1) is 7.11 Å². The van der Waals surface area contributed by atoms with E-state index in [2.05, 4.69) is 5.32 Å². The van der Waals surface area contributed by atoms with Gasteiger partial charge < -0.3 is 10.1 Å². The zero-order chi connectivity index (χ0) is 14.3. The second-order valence-electron chi connectivity index (χ2n) is 4.18. The van der Waals surface area contributed by atoms with Crippen molar-refractivity contribution < 1.29 is 22.3 Å². The first-order valence-electron chi connectivity index (χ1n) is 6.03. The number of ether oxygens (including phenoxy) is 1. The molecule has 0 heterocycles. The van der Waals surface area contributed by atoms with Gasteiger partial charge in [0.1, 0.15) is 0 Å². The van der Waals surface area contributed by atoms with Crippen molar-refractivity contribution in [2.24, 2.45) is 0 Å². The van der Waals surface area contributed by atoms with Crippen LogP contribution in [0.1, 0.15) is 24.8 Å². The molecule has 0 aromatic heterocycles. The summed E-state index contributed by atoms with van der Waals surface area (Å²) in [7, 11) is 1.38. The molecular formula is C13H17F4NO. The molecule has 0 aliphatic heterocycles. The Kier molecular flexibility index (Phi) is 6.08. The molecule has 0 spiro atoms. The van der Waals surface area contributed by atoms with Crippen LogP contribution in [0.2, 0.25) is 0 Å². The van der Waals surface area contributed by atoms with Crippen LogP contribution in [0.5, 0.6) is 5.75 Å². The van der Waals surface area contributed by atoms with Crippen LogP contribution >= 0.6 is 0 Å². The molecule has 6 heteroatoms. The Bertz CT molecular complexity index is 393. The summed E-state index contributed by atoms with van der Waals surface area (Å²) < 4.78 is 54.2. The summed E-state index contributed by atoms with van der Waals surface area (Å²) in [6.07, 6.45) is -4.39. The molecule has 2 nitrogen and oxygen atoms in total. The first-order chi connectivity index (χ1) is 8.94. The summed E-state index contributed by atoms with van der Waals surface area (Å²) in [5.74, 6) is -0.274. The largest absolute Gasteiger partial charge is 0.494 e. The Morgan fingerprint density at radius 2 is 1.95 bits per heavy atom. The Morgan fingerprint density at radius 3 is 2.58 bits per heavy atom. The van der Waals surface area contributed by atoms with E-state index in [0.29, 0.717) is 18.5 Å². The lowest BCUT2D eigenvalue weighted by atomic mass is 10.2. The van der Waals surface area contributed by atoms with Gasteiger partial charge in [0.2, 0.25) is 0 Å². The minimum Gasteiger partial charge on any atom is -0.494 e. The van der Waals surface area contributed by atoms with Crippen LogP contribution in [0.4, 0.5) is 17.6 Å². The number of hydrogen-bond acceptors (Lipinski definition) is 2. The van der Waals surface area contributed by atoms with Gasteiger partial charge in [0, 0.05) is 18.5 Å². The molecule has 1 aromatic rings. The SMILES string of the molecule is COc1cccc(CNCCCCC(F)(F)F)c1F. The van der Waals surface area contributed by atoms with Crippen LogP contribution in [-0.2, 0) is 6.54 Å². The summed E-state index contributed by atoms with van der Waals surface area (Å²) in [5, 5.41) is 2.92. The van der Waals surface area contributed by atoms with E-state index in [1.54, 1.807) is 12.1 Å². The molecule has 108 valence electrons. The Morgan fingerprint density at radius 1 is 1.21 bits per heavy atom. The van der Waals surface area contributed by atoms with Gasteiger partial charge in [-0.25, -0.2) is 4.39 Å². The zero-order valence-electron chi connectivity index (χ0n) is 10.7. The van der Waals surface area contributed by atoms with Crippen LogP contribution in [0, 0.1) is 5.82 Å².